The lowest BCUT2D eigenvalue weighted by Crippen LogP contribution is -2.18. The molecule has 3 rings (SSSR count). The average molecular weight is 290 g/mol. The molecular weight excluding hydrogens is 268 g/mol. The van der Waals surface area contributed by atoms with Crippen LogP contribution in [0.3, 0.4) is 0 Å². The molecule has 2 aliphatic rings. The zero-order valence-electron chi connectivity index (χ0n) is 12.5. The largest absolute Gasteiger partial charge is 0.458 e. The Labute approximate surface area is 125 Å². The summed E-state index contributed by atoms with van der Waals surface area (Å²) in [7, 11) is 0. The van der Waals surface area contributed by atoms with Crippen LogP contribution in [-0.2, 0) is 15.9 Å². The van der Waals surface area contributed by atoms with Gasteiger partial charge in [0.15, 0.2) is 0 Å². The van der Waals surface area contributed by atoms with Gasteiger partial charge in [-0.25, -0.2) is 9.59 Å². The molecule has 0 spiro atoms. The first-order valence-corrected chi connectivity index (χ1v) is 7.69. The summed E-state index contributed by atoms with van der Waals surface area (Å²) in [6.07, 6.45) is 6.59. The summed E-state index contributed by atoms with van der Waals surface area (Å²) < 4.78 is 10.2. The summed E-state index contributed by atoms with van der Waals surface area (Å²) >= 11 is 0. The number of hydrogen-bond donors (Lipinski definition) is 0. The van der Waals surface area contributed by atoms with E-state index < -0.39 is 0 Å². The van der Waals surface area contributed by atoms with Gasteiger partial charge in [0.2, 0.25) is 0 Å². The third-order valence-electron chi connectivity index (χ3n) is 3.66. The van der Waals surface area contributed by atoms with E-state index >= 15 is 0 Å². The Bertz CT molecular complexity index is 508. The van der Waals surface area contributed by atoms with Gasteiger partial charge in [-0.05, 0) is 36.6 Å². The highest BCUT2D eigenvalue weighted by atomic mass is 16.6. The van der Waals surface area contributed by atoms with Gasteiger partial charge in [-0.15, -0.1) is 0 Å². The molecule has 2 aliphatic heterocycles. The zero-order chi connectivity index (χ0) is 15.1. The van der Waals surface area contributed by atoms with E-state index in [1.807, 2.05) is 0 Å². The molecule has 0 fully saturated rings. The molecule has 2 heterocycles. The summed E-state index contributed by atoms with van der Waals surface area (Å²) in [6.45, 7) is 2.40. The number of fused-ring (bicyclic) bond motifs is 7. The number of esters is 2. The molecule has 114 valence electrons. The Hall–Kier alpha value is -1.84. The van der Waals surface area contributed by atoms with Crippen LogP contribution in [0.5, 0.6) is 0 Å². The quantitative estimate of drug-likeness (QED) is 0.594. The van der Waals surface area contributed by atoms with Crippen LogP contribution in [0.15, 0.2) is 18.2 Å². The van der Waals surface area contributed by atoms with Gasteiger partial charge in [0, 0.05) is 0 Å². The van der Waals surface area contributed by atoms with Crippen LogP contribution >= 0.6 is 0 Å². The van der Waals surface area contributed by atoms with E-state index in [1.165, 1.54) is 19.3 Å². The van der Waals surface area contributed by atoms with E-state index in [4.69, 9.17) is 9.47 Å². The summed E-state index contributed by atoms with van der Waals surface area (Å²) in [5.74, 6) is -0.685. The van der Waals surface area contributed by atoms with Crippen LogP contribution in [0.25, 0.3) is 0 Å². The molecule has 0 atom stereocenters. The highest BCUT2D eigenvalue weighted by Gasteiger charge is 2.18. The molecule has 0 amide bonds. The lowest BCUT2D eigenvalue weighted by atomic mass is 9.98. The Morgan fingerprint density at radius 3 is 2.43 bits per heavy atom. The van der Waals surface area contributed by atoms with E-state index in [1.54, 1.807) is 18.2 Å². The molecule has 1 aromatic carbocycles. The van der Waals surface area contributed by atoms with Crippen molar-refractivity contribution in [2.45, 2.75) is 45.4 Å². The predicted molar refractivity (Wildman–Crippen MR) is 79.5 cm³/mol. The van der Waals surface area contributed by atoms with Crippen LogP contribution in [-0.4, -0.2) is 25.2 Å². The summed E-state index contributed by atoms with van der Waals surface area (Å²) in [4.78, 5) is 23.8. The normalized spacial score (nSPS) is 14.7. The molecular formula is C17H22O4. The van der Waals surface area contributed by atoms with Gasteiger partial charge in [0.1, 0.15) is 13.2 Å². The van der Waals surface area contributed by atoms with Crippen molar-refractivity contribution in [1.82, 2.24) is 0 Å². The first-order valence-electron chi connectivity index (χ1n) is 7.69. The smallest absolute Gasteiger partial charge is 0.338 e. The van der Waals surface area contributed by atoms with E-state index in [0.717, 1.165) is 24.8 Å². The van der Waals surface area contributed by atoms with Crippen molar-refractivity contribution < 1.29 is 19.1 Å². The van der Waals surface area contributed by atoms with Crippen LogP contribution in [0.4, 0.5) is 0 Å². The SMILES string of the molecule is CCCCCCCc1cc2ccc1C(=O)OCCOC2=O. The molecule has 0 unspecified atom stereocenters. The maximum atomic E-state index is 12.0. The highest BCUT2D eigenvalue weighted by molar-refractivity contribution is 5.95. The van der Waals surface area contributed by atoms with Crippen molar-refractivity contribution in [2.24, 2.45) is 0 Å². The summed E-state index contributed by atoms with van der Waals surface area (Å²) in [5, 5.41) is 0. The Kier molecular flexibility index (Phi) is 5.78. The minimum atomic E-state index is -0.355. The fourth-order valence-electron chi connectivity index (χ4n) is 2.48. The minimum Gasteiger partial charge on any atom is -0.458 e. The molecule has 0 saturated heterocycles. The highest BCUT2D eigenvalue weighted by Crippen LogP contribution is 2.19. The van der Waals surface area contributed by atoms with Crippen molar-refractivity contribution in [2.75, 3.05) is 13.2 Å². The third kappa shape index (κ3) is 4.31. The van der Waals surface area contributed by atoms with Crippen molar-refractivity contribution in [1.29, 1.82) is 0 Å². The van der Waals surface area contributed by atoms with Crippen molar-refractivity contribution >= 4 is 11.9 Å². The van der Waals surface area contributed by atoms with Crippen molar-refractivity contribution in [3.8, 4) is 0 Å². The van der Waals surface area contributed by atoms with Gasteiger partial charge in [-0.3, -0.25) is 0 Å². The van der Waals surface area contributed by atoms with Gasteiger partial charge in [0.25, 0.3) is 0 Å². The van der Waals surface area contributed by atoms with Gasteiger partial charge in [0.05, 0.1) is 11.1 Å². The fourth-order valence-corrected chi connectivity index (χ4v) is 2.48. The molecule has 0 saturated carbocycles. The second-order valence-electron chi connectivity index (χ2n) is 5.31. The molecule has 0 aliphatic carbocycles. The van der Waals surface area contributed by atoms with E-state index in [-0.39, 0.29) is 25.2 Å². The molecule has 2 bridgehead atoms. The standard InChI is InChI=1S/C17H22O4/c1-2-3-4-5-6-7-13-12-14-8-9-15(13)17(19)21-11-10-20-16(14)18/h8-9,12H,2-7,10-11H2,1H3. The Morgan fingerprint density at radius 2 is 1.67 bits per heavy atom. The summed E-state index contributed by atoms with van der Waals surface area (Å²) in [6, 6.07) is 5.07. The van der Waals surface area contributed by atoms with Crippen molar-refractivity contribution in [3.05, 3.63) is 34.9 Å². The molecule has 4 nitrogen and oxygen atoms in total. The molecule has 0 radical (unpaired) electrons. The molecule has 21 heavy (non-hydrogen) atoms. The molecule has 0 N–H and O–H groups in total. The number of ether oxygens (including phenoxy) is 2. The predicted octanol–water partition coefficient (Wildman–Crippen LogP) is 3.53. The van der Waals surface area contributed by atoms with E-state index in [2.05, 4.69) is 6.92 Å². The third-order valence-corrected chi connectivity index (χ3v) is 3.66. The average Bonchev–Trinajstić information content (AvgIpc) is 2.50. The number of carbonyl (C=O) groups excluding carboxylic acids is 2. The van der Waals surface area contributed by atoms with Gasteiger partial charge in [-0.2, -0.15) is 0 Å². The first kappa shape index (κ1) is 15.5. The van der Waals surface area contributed by atoms with Crippen molar-refractivity contribution in [3.63, 3.8) is 0 Å². The number of hydrogen-bond acceptors (Lipinski definition) is 4. The lowest BCUT2D eigenvalue weighted by Gasteiger charge is -2.14. The van der Waals surface area contributed by atoms with Crippen LogP contribution in [0, 0.1) is 0 Å². The number of benzene rings is 1. The van der Waals surface area contributed by atoms with Gasteiger partial charge >= 0.3 is 11.9 Å². The molecule has 1 aromatic rings. The summed E-state index contributed by atoms with van der Waals surface area (Å²) in [5.41, 5.74) is 1.97. The van der Waals surface area contributed by atoms with Gasteiger partial charge in [-0.1, -0.05) is 32.6 Å². The monoisotopic (exact) mass is 290 g/mol. The maximum absolute atomic E-state index is 12.0. The molecule has 4 heteroatoms. The second kappa shape index (κ2) is 7.81. The van der Waals surface area contributed by atoms with Gasteiger partial charge < -0.3 is 9.47 Å². The van der Waals surface area contributed by atoms with Crippen LogP contribution in [0.1, 0.15) is 65.3 Å². The van der Waals surface area contributed by atoms with Crippen LogP contribution in [0.2, 0.25) is 0 Å². The maximum Gasteiger partial charge on any atom is 0.338 e. The van der Waals surface area contributed by atoms with E-state index in [0.29, 0.717) is 11.1 Å². The second-order valence-corrected chi connectivity index (χ2v) is 5.31. The minimum absolute atomic E-state index is 0.107. The number of rotatable bonds is 6. The number of carbonyl (C=O) groups is 2. The zero-order valence-corrected chi connectivity index (χ0v) is 12.5. The Morgan fingerprint density at radius 1 is 0.952 bits per heavy atom. The Balaban J connectivity index is 2.12. The number of aryl methyl sites for hydroxylation is 1. The fraction of sp³-hybridized carbons (Fsp3) is 0.529. The lowest BCUT2D eigenvalue weighted by molar-refractivity contribution is 0.0259. The van der Waals surface area contributed by atoms with Crippen LogP contribution < -0.4 is 0 Å². The first-order chi connectivity index (χ1) is 10.2. The van der Waals surface area contributed by atoms with E-state index in [9.17, 15) is 9.59 Å². The topological polar surface area (TPSA) is 52.6 Å². The number of unbranched alkanes of at least 4 members (excludes halogenated alkanes) is 4. The molecule has 0 aromatic heterocycles.